The van der Waals surface area contributed by atoms with Crippen LogP contribution >= 0.6 is 0 Å². The number of rotatable bonds is 7. The van der Waals surface area contributed by atoms with Gasteiger partial charge in [-0.2, -0.15) is 0 Å². The Kier molecular flexibility index (Phi) is 7.21. The van der Waals surface area contributed by atoms with Crippen molar-refractivity contribution in [2.24, 2.45) is 5.92 Å². The fraction of sp³-hybridized carbons (Fsp3) is 0.321. The molecule has 2 aliphatic rings. The highest BCUT2D eigenvalue weighted by atomic mass is 16.5. The molecule has 2 aliphatic heterocycles. The number of aromatic nitrogens is 1. The molecule has 10 heteroatoms. The van der Waals surface area contributed by atoms with Gasteiger partial charge in [0.2, 0.25) is 0 Å². The quantitative estimate of drug-likeness (QED) is 0.495. The van der Waals surface area contributed by atoms with E-state index >= 15 is 0 Å². The van der Waals surface area contributed by atoms with Crippen LogP contribution in [0.1, 0.15) is 18.0 Å². The summed E-state index contributed by atoms with van der Waals surface area (Å²) in [6.45, 7) is 1.29. The maximum Gasteiger partial charge on any atom is 0.321 e. The molecule has 0 radical (unpaired) electrons. The molecule has 2 aromatic carbocycles. The highest BCUT2D eigenvalue weighted by Crippen LogP contribution is 2.36. The van der Waals surface area contributed by atoms with E-state index in [9.17, 15) is 14.4 Å². The molecule has 0 saturated carbocycles. The predicted octanol–water partition coefficient (Wildman–Crippen LogP) is 3.53. The molecule has 0 aliphatic carbocycles. The summed E-state index contributed by atoms with van der Waals surface area (Å²) < 4.78 is 17.8. The van der Waals surface area contributed by atoms with E-state index in [1.165, 1.54) is 0 Å². The first kappa shape index (κ1) is 25.2. The van der Waals surface area contributed by atoms with E-state index in [0.29, 0.717) is 42.6 Å². The Balaban J connectivity index is 1.25. The lowest BCUT2D eigenvalue weighted by molar-refractivity contribution is -0.118. The first-order chi connectivity index (χ1) is 18.4. The third kappa shape index (κ3) is 5.44. The van der Waals surface area contributed by atoms with Crippen molar-refractivity contribution >= 4 is 23.3 Å². The number of para-hydroxylation sites is 1. The van der Waals surface area contributed by atoms with Crippen LogP contribution in [-0.4, -0.2) is 55.3 Å². The van der Waals surface area contributed by atoms with E-state index in [4.69, 9.17) is 14.2 Å². The van der Waals surface area contributed by atoms with Crippen LogP contribution in [0.5, 0.6) is 17.2 Å². The van der Waals surface area contributed by atoms with E-state index in [1.54, 1.807) is 60.1 Å². The number of anilines is 2. The average molecular weight is 519 g/mol. The van der Waals surface area contributed by atoms with E-state index in [2.05, 4.69) is 10.6 Å². The number of carbonyl (C=O) groups is 2. The third-order valence-electron chi connectivity index (χ3n) is 6.88. The number of piperidine rings is 1. The minimum atomic E-state index is -0.403. The summed E-state index contributed by atoms with van der Waals surface area (Å²) in [5.41, 5.74) is 1.42. The number of benzene rings is 2. The number of hydrogen-bond donors (Lipinski definition) is 2. The van der Waals surface area contributed by atoms with Crippen LogP contribution in [0.3, 0.4) is 0 Å². The Morgan fingerprint density at radius 1 is 0.895 bits per heavy atom. The first-order valence-corrected chi connectivity index (χ1v) is 12.4. The highest BCUT2D eigenvalue weighted by molar-refractivity contribution is 5.92. The van der Waals surface area contributed by atoms with E-state index < -0.39 is 5.91 Å². The maximum atomic E-state index is 13.2. The van der Waals surface area contributed by atoms with Gasteiger partial charge >= 0.3 is 6.03 Å². The third-order valence-corrected chi connectivity index (χ3v) is 6.88. The first-order valence-electron chi connectivity index (χ1n) is 12.4. The van der Waals surface area contributed by atoms with Gasteiger partial charge in [0.25, 0.3) is 11.5 Å². The molecule has 1 aromatic heterocycles. The van der Waals surface area contributed by atoms with Crippen molar-refractivity contribution < 1.29 is 23.8 Å². The summed E-state index contributed by atoms with van der Waals surface area (Å²) in [7, 11) is 3.11. The molecule has 198 valence electrons. The van der Waals surface area contributed by atoms with Crippen LogP contribution in [0.2, 0.25) is 0 Å². The number of nitrogens with zero attached hydrogens (tertiary/aromatic N) is 2. The monoisotopic (exact) mass is 518 g/mol. The Bertz CT molecular complexity index is 1370. The van der Waals surface area contributed by atoms with Crippen LogP contribution in [0.15, 0.2) is 65.5 Å². The minimum absolute atomic E-state index is 0.0203. The molecule has 3 amide bonds. The molecule has 1 saturated heterocycles. The summed E-state index contributed by atoms with van der Waals surface area (Å²) in [6, 6.07) is 17.5. The molecule has 0 unspecified atom stereocenters. The predicted molar refractivity (Wildman–Crippen MR) is 142 cm³/mol. The fourth-order valence-corrected chi connectivity index (χ4v) is 5.14. The smallest absolute Gasteiger partial charge is 0.321 e. The number of nitrogens with one attached hydrogen (secondary N) is 2. The largest absolute Gasteiger partial charge is 0.497 e. The van der Waals surface area contributed by atoms with E-state index in [0.717, 1.165) is 12.1 Å². The van der Waals surface area contributed by atoms with Gasteiger partial charge in [-0.3, -0.25) is 9.59 Å². The molecule has 5 rings (SSSR count). The molecule has 10 nitrogen and oxygen atoms in total. The molecule has 1 fully saturated rings. The SMILES string of the molecule is COc1cc(NC(=O)N2C[C@H]3C[C@H](C2)c2ccc(NC(=O)COc4ccccc4)c(=O)n2C3)cc(OC)c1. The highest BCUT2D eigenvalue weighted by Gasteiger charge is 2.37. The lowest BCUT2D eigenvalue weighted by Gasteiger charge is -2.42. The molecule has 2 bridgehead atoms. The molecule has 0 spiro atoms. The lowest BCUT2D eigenvalue weighted by Crippen LogP contribution is -2.50. The summed E-state index contributed by atoms with van der Waals surface area (Å²) in [4.78, 5) is 40.5. The summed E-state index contributed by atoms with van der Waals surface area (Å²) in [6.07, 6.45) is 0.896. The Hall–Kier alpha value is -4.47. The second kappa shape index (κ2) is 10.9. The van der Waals surface area contributed by atoms with E-state index in [-0.39, 0.29) is 35.7 Å². The summed E-state index contributed by atoms with van der Waals surface area (Å²) >= 11 is 0. The number of methoxy groups -OCH3 is 2. The minimum Gasteiger partial charge on any atom is -0.497 e. The lowest BCUT2D eigenvalue weighted by atomic mass is 9.83. The van der Waals surface area contributed by atoms with Crippen LogP contribution in [0, 0.1) is 5.92 Å². The molecule has 2 N–H and O–H groups in total. The molecular weight excluding hydrogens is 488 g/mol. The molecule has 38 heavy (non-hydrogen) atoms. The number of carbonyl (C=O) groups excluding carboxylic acids is 2. The normalized spacial score (nSPS) is 17.7. The van der Waals surface area contributed by atoms with Crippen molar-refractivity contribution in [2.75, 3.05) is 44.5 Å². The van der Waals surface area contributed by atoms with Crippen molar-refractivity contribution in [1.82, 2.24) is 9.47 Å². The average Bonchev–Trinajstić information content (AvgIpc) is 2.94. The zero-order valence-corrected chi connectivity index (χ0v) is 21.3. The molecular formula is C28H30N4O6. The van der Waals surface area contributed by atoms with Crippen LogP contribution in [0.25, 0.3) is 0 Å². The van der Waals surface area contributed by atoms with Gasteiger partial charge in [-0.25, -0.2) is 4.79 Å². The summed E-state index contributed by atoms with van der Waals surface area (Å²) in [5.74, 6) is 1.48. The van der Waals surface area contributed by atoms with Gasteiger partial charge in [0.05, 0.1) is 14.2 Å². The topological polar surface area (TPSA) is 111 Å². The number of ether oxygens (including phenoxy) is 3. The van der Waals surface area contributed by atoms with Crippen LogP contribution in [0.4, 0.5) is 16.2 Å². The number of likely N-dealkylation sites (tertiary alicyclic amines) is 1. The van der Waals surface area contributed by atoms with Crippen molar-refractivity contribution in [3.8, 4) is 17.2 Å². The van der Waals surface area contributed by atoms with Crippen molar-refractivity contribution in [2.45, 2.75) is 18.9 Å². The van der Waals surface area contributed by atoms with E-state index in [1.807, 2.05) is 24.3 Å². The van der Waals surface area contributed by atoms with Gasteiger partial charge in [-0.15, -0.1) is 0 Å². The molecule has 2 atom stereocenters. The van der Waals surface area contributed by atoms with Crippen LogP contribution < -0.4 is 30.4 Å². The number of urea groups is 1. The van der Waals surface area contributed by atoms with Gasteiger partial charge in [0.1, 0.15) is 22.9 Å². The zero-order valence-electron chi connectivity index (χ0n) is 21.3. The van der Waals surface area contributed by atoms with Crippen LogP contribution in [-0.2, 0) is 11.3 Å². The second-order valence-electron chi connectivity index (χ2n) is 9.47. The second-order valence-corrected chi connectivity index (χ2v) is 9.47. The number of pyridine rings is 1. The Labute approximate surface area is 220 Å². The molecule has 3 heterocycles. The van der Waals surface area contributed by atoms with Crippen molar-refractivity contribution in [3.63, 3.8) is 0 Å². The van der Waals surface area contributed by atoms with Gasteiger partial charge in [0.15, 0.2) is 6.61 Å². The van der Waals surface area contributed by atoms with Gasteiger partial charge in [-0.1, -0.05) is 18.2 Å². The number of hydrogen-bond acceptors (Lipinski definition) is 6. The van der Waals surface area contributed by atoms with Gasteiger partial charge < -0.3 is 34.3 Å². The zero-order chi connectivity index (χ0) is 26.6. The van der Waals surface area contributed by atoms with Gasteiger partial charge in [-0.05, 0) is 36.6 Å². The Morgan fingerprint density at radius 3 is 2.34 bits per heavy atom. The number of amides is 3. The molecule has 3 aromatic rings. The fourth-order valence-electron chi connectivity index (χ4n) is 5.14. The van der Waals surface area contributed by atoms with Crippen molar-refractivity contribution in [3.05, 3.63) is 76.7 Å². The number of fused-ring (bicyclic) bond motifs is 4. The maximum absolute atomic E-state index is 13.2. The summed E-state index contributed by atoms with van der Waals surface area (Å²) in [5, 5.41) is 5.62. The Morgan fingerprint density at radius 2 is 1.63 bits per heavy atom. The van der Waals surface area contributed by atoms with Gasteiger partial charge in [0, 0.05) is 55.1 Å². The standard InChI is InChI=1S/C28H30N4O6/c1-36-22-11-20(12-23(13-22)37-2)29-28(35)31-14-18-10-19(16-31)25-9-8-24(27(34)32(25)15-18)30-26(33)17-38-21-6-4-3-5-7-21/h3-9,11-13,18-19H,10,14-17H2,1-2H3,(H,29,35)(H,30,33)/t18-,19-/m1/s1. The van der Waals surface area contributed by atoms with Crippen molar-refractivity contribution in [1.29, 1.82) is 0 Å².